The van der Waals surface area contributed by atoms with Gasteiger partial charge >= 0.3 is 5.97 Å². The molecule has 1 aromatic carbocycles. The third kappa shape index (κ3) is 4.06. The average Bonchev–Trinajstić information content (AvgIpc) is 2.54. The smallest absolute Gasteiger partial charge is 0.347 e. The lowest BCUT2D eigenvalue weighted by molar-refractivity contribution is -0.151. The summed E-state index contributed by atoms with van der Waals surface area (Å²) in [5, 5.41) is 9.39. The predicted molar refractivity (Wildman–Crippen MR) is 87.6 cm³/mol. The van der Waals surface area contributed by atoms with E-state index in [4.69, 9.17) is 14.2 Å². The molecule has 0 amide bonds. The Bertz CT molecular complexity index is 608. The van der Waals surface area contributed by atoms with Gasteiger partial charge in [0.25, 0.3) is 0 Å². The van der Waals surface area contributed by atoms with Crippen LogP contribution in [0, 0.1) is 0 Å². The van der Waals surface area contributed by atoms with Crippen LogP contribution in [0.3, 0.4) is 0 Å². The second kappa shape index (κ2) is 8.15. The van der Waals surface area contributed by atoms with Crippen molar-refractivity contribution in [3.8, 4) is 11.5 Å². The number of ether oxygens (including phenoxy) is 3. The van der Waals surface area contributed by atoms with E-state index in [0.717, 1.165) is 18.4 Å². The molecule has 0 aliphatic carbocycles. The number of aryl methyl sites for hydroxylation is 1. The van der Waals surface area contributed by atoms with E-state index in [9.17, 15) is 14.7 Å². The Labute approximate surface area is 141 Å². The Hall–Kier alpha value is -2.08. The predicted octanol–water partition coefficient (Wildman–Crippen LogP) is 2.30. The molecule has 2 rings (SSSR count). The van der Waals surface area contributed by atoms with Crippen molar-refractivity contribution in [1.82, 2.24) is 0 Å². The highest BCUT2D eigenvalue weighted by Gasteiger charge is 2.36. The van der Waals surface area contributed by atoms with Crippen LogP contribution in [-0.4, -0.2) is 42.3 Å². The molecule has 1 heterocycles. The summed E-state index contributed by atoms with van der Waals surface area (Å²) in [6.07, 6.45) is -0.0496. The third-order valence-corrected chi connectivity index (χ3v) is 3.66. The van der Waals surface area contributed by atoms with E-state index >= 15 is 0 Å². The zero-order valence-corrected chi connectivity index (χ0v) is 14.3. The largest absolute Gasteiger partial charge is 0.490 e. The zero-order valence-electron chi connectivity index (χ0n) is 14.3. The second-order valence-electron chi connectivity index (χ2n) is 5.82. The molecule has 0 saturated heterocycles. The van der Waals surface area contributed by atoms with Gasteiger partial charge in [-0.3, -0.25) is 4.79 Å². The molecule has 1 aliphatic rings. The number of aliphatic hydroxyl groups excluding tert-OH is 1. The topological polar surface area (TPSA) is 82.1 Å². The quantitative estimate of drug-likeness (QED) is 0.769. The number of benzene rings is 1. The van der Waals surface area contributed by atoms with Gasteiger partial charge in [-0.2, -0.15) is 0 Å². The van der Waals surface area contributed by atoms with Gasteiger partial charge in [-0.05, 0) is 31.9 Å². The van der Waals surface area contributed by atoms with Gasteiger partial charge in [-0.15, -0.1) is 0 Å². The number of esters is 1. The number of hydrogen-bond donors (Lipinski definition) is 1. The monoisotopic (exact) mass is 336 g/mol. The maximum absolute atomic E-state index is 12.6. The first kappa shape index (κ1) is 18.3. The molecule has 24 heavy (non-hydrogen) atoms. The van der Waals surface area contributed by atoms with Crippen molar-refractivity contribution in [2.75, 3.05) is 13.2 Å². The standard InChI is InChI=1S/C18H24O6/c1-4-6-12-7-8-14(23-10-11(3)19)16-13(20)9-15(24-17(12)16)18(21)22-5-2/h7-8,11,15,19H,4-6,9-10H2,1-3H3. The first-order valence-corrected chi connectivity index (χ1v) is 8.31. The molecule has 6 heteroatoms. The lowest BCUT2D eigenvalue weighted by Crippen LogP contribution is -2.36. The number of carbonyl (C=O) groups is 2. The van der Waals surface area contributed by atoms with Crippen LogP contribution in [0.25, 0.3) is 0 Å². The molecule has 6 nitrogen and oxygen atoms in total. The van der Waals surface area contributed by atoms with E-state index in [1.807, 2.05) is 13.0 Å². The van der Waals surface area contributed by atoms with Crippen molar-refractivity contribution in [3.63, 3.8) is 0 Å². The Morgan fingerprint density at radius 2 is 2.17 bits per heavy atom. The Morgan fingerprint density at radius 1 is 1.42 bits per heavy atom. The average molecular weight is 336 g/mol. The summed E-state index contributed by atoms with van der Waals surface area (Å²) in [5.74, 6) is 0.0226. The number of fused-ring (bicyclic) bond motifs is 1. The van der Waals surface area contributed by atoms with Gasteiger partial charge in [-0.25, -0.2) is 4.79 Å². The van der Waals surface area contributed by atoms with Crippen LogP contribution >= 0.6 is 0 Å². The first-order valence-electron chi connectivity index (χ1n) is 8.31. The van der Waals surface area contributed by atoms with Gasteiger partial charge in [0, 0.05) is 0 Å². The number of hydrogen-bond acceptors (Lipinski definition) is 6. The van der Waals surface area contributed by atoms with E-state index in [-0.39, 0.29) is 25.4 Å². The Kier molecular flexibility index (Phi) is 6.20. The summed E-state index contributed by atoms with van der Waals surface area (Å²) in [5.41, 5.74) is 1.21. The molecule has 0 spiro atoms. The molecular formula is C18H24O6. The molecule has 132 valence electrons. The van der Waals surface area contributed by atoms with Gasteiger partial charge < -0.3 is 19.3 Å². The van der Waals surface area contributed by atoms with Crippen LogP contribution in [0.4, 0.5) is 0 Å². The third-order valence-electron chi connectivity index (χ3n) is 3.66. The summed E-state index contributed by atoms with van der Waals surface area (Å²) in [6, 6.07) is 3.55. The van der Waals surface area contributed by atoms with E-state index in [0.29, 0.717) is 17.1 Å². The van der Waals surface area contributed by atoms with Gasteiger partial charge in [0.15, 0.2) is 5.78 Å². The maximum atomic E-state index is 12.6. The minimum Gasteiger partial charge on any atom is -0.490 e. The summed E-state index contributed by atoms with van der Waals surface area (Å²) >= 11 is 0. The van der Waals surface area contributed by atoms with Crippen molar-refractivity contribution >= 4 is 11.8 Å². The van der Waals surface area contributed by atoms with Gasteiger partial charge in [0.05, 0.1) is 19.1 Å². The number of ketones is 1. The fourth-order valence-corrected chi connectivity index (χ4v) is 2.62. The van der Waals surface area contributed by atoms with E-state index < -0.39 is 18.2 Å². The summed E-state index contributed by atoms with van der Waals surface area (Å²) in [4.78, 5) is 24.6. The SMILES string of the molecule is CCCc1ccc(OCC(C)O)c2c1OC(C(=O)OCC)CC2=O. The maximum Gasteiger partial charge on any atom is 0.347 e. The fourth-order valence-electron chi connectivity index (χ4n) is 2.62. The van der Waals surface area contributed by atoms with E-state index in [1.165, 1.54) is 0 Å². The van der Waals surface area contributed by atoms with Gasteiger partial charge in [0.1, 0.15) is 23.7 Å². The van der Waals surface area contributed by atoms with E-state index in [1.54, 1.807) is 19.9 Å². The highest BCUT2D eigenvalue weighted by Crippen LogP contribution is 2.38. The molecule has 2 atom stereocenters. The Balaban J connectivity index is 2.38. The molecule has 0 bridgehead atoms. The molecule has 1 N–H and O–H groups in total. The van der Waals surface area contributed by atoms with Gasteiger partial charge in [-0.1, -0.05) is 19.4 Å². The molecular weight excluding hydrogens is 312 g/mol. The molecule has 1 aromatic rings. The highest BCUT2D eigenvalue weighted by molar-refractivity contribution is 6.05. The van der Waals surface area contributed by atoms with Crippen molar-refractivity contribution in [1.29, 1.82) is 0 Å². The summed E-state index contributed by atoms with van der Waals surface area (Å²) in [7, 11) is 0. The van der Waals surface area contributed by atoms with Crippen LogP contribution < -0.4 is 9.47 Å². The molecule has 0 aromatic heterocycles. The van der Waals surface area contributed by atoms with Crippen LogP contribution in [0.5, 0.6) is 11.5 Å². The first-order chi connectivity index (χ1) is 11.5. The molecule has 0 fully saturated rings. The fraction of sp³-hybridized carbons (Fsp3) is 0.556. The van der Waals surface area contributed by atoms with Crippen LogP contribution in [0.1, 0.15) is 49.5 Å². The van der Waals surface area contributed by atoms with Crippen LogP contribution in [-0.2, 0) is 16.0 Å². The number of aliphatic hydroxyl groups is 1. The zero-order chi connectivity index (χ0) is 17.7. The second-order valence-corrected chi connectivity index (χ2v) is 5.82. The normalized spacial score (nSPS) is 17.7. The van der Waals surface area contributed by atoms with Crippen molar-refractivity contribution in [3.05, 3.63) is 23.3 Å². The van der Waals surface area contributed by atoms with Crippen LogP contribution in [0.2, 0.25) is 0 Å². The summed E-state index contributed by atoms with van der Waals surface area (Å²) < 4.78 is 16.3. The number of rotatable bonds is 7. The minimum atomic E-state index is -0.924. The Morgan fingerprint density at radius 3 is 2.79 bits per heavy atom. The summed E-state index contributed by atoms with van der Waals surface area (Å²) in [6.45, 7) is 5.65. The van der Waals surface area contributed by atoms with Crippen molar-refractivity contribution < 1.29 is 28.9 Å². The lowest BCUT2D eigenvalue weighted by Gasteiger charge is -2.27. The minimum absolute atomic E-state index is 0.0769. The number of Topliss-reactive ketones (excluding diaryl/α,β-unsaturated/α-hetero) is 1. The number of carbonyl (C=O) groups excluding carboxylic acids is 2. The molecule has 2 unspecified atom stereocenters. The molecule has 0 radical (unpaired) electrons. The lowest BCUT2D eigenvalue weighted by atomic mass is 9.95. The van der Waals surface area contributed by atoms with Gasteiger partial charge in [0.2, 0.25) is 6.10 Å². The highest BCUT2D eigenvalue weighted by atomic mass is 16.6. The van der Waals surface area contributed by atoms with Crippen molar-refractivity contribution in [2.24, 2.45) is 0 Å². The van der Waals surface area contributed by atoms with Crippen LogP contribution in [0.15, 0.2) is 12.1 Å². The molecule has 1 aliphatic heterocycles. The van der Waals surface area contributed by atoms with Crippen molar-refractivity contribution in [2.45, 2.75) is 52.2 Å². The van der Waals surface area contributed by atoms with E-state index in [2.05, 4.69) is 0 Å². The molecule has 0 saturated carbocycles.